The van der Waals surface area contributed by atoms with E-state index in [1.165, 1.54) is 5.56 Å². The highest BCUT2D eigenvalue weighted by Gasteiger charge is 2.43. The second-order valence-electron chi connectivity index (χ2n) is 5.36. The molecule has 2 aliphatic heterocycles. The Kier molecular flexibility index (Phi) is 2.47. The Bertz CT molecular complexity index is 580. The van der Waals surface area contributed by atoms with Crippen molar-refractivity contribution in [3.05, 3.63) is 54.1 Å². The molecule has 2 aliphatic rings. The Balaban J connectivity index is 1.67. The second kappa shape index (κ2) is 4.18. The number of hydrogen-bond donors (Lipinski definition) is 0. The normalized spacial score (nSPS) is 27.2. The molecule has 98 valence electrons. The van der Waals surface area contributed by atoms with Crippen LogP contribution in [0.2, 0.25) is 0 Å². The van der Waals surface area contributed by atoms with E-state index in [0.29, 0.717) is 0 Å². The van der Waals surface area contributed by atoms with E-state index in [1.54, 1.807) is 0 Å². The molecule has 1 aromatic carbocycles. The summed E-state index contributed by atoms with van der Waals surface area (Å²) < 4.78 is 2.22. The van der Waals surface area contributed by atoms with Gasteiger partial charge < -0.3 is 4.57 Å². The standard InChI is InChI=1S/C15H17N3O/c1-11(12-5-3-2-4-6-12)18-14-9-13(19-18)10-17-8-7-16-15(14)17/h2-8,11,13-14H,9-10H2,1H3/t11-,13-,14+/m1/s1. The van der Waals surface area contributed by atoms with Crippen LogP contribution in [-0.2, 0) is 11.4 Å². The monoisotopic (exact) mass is 255 g/mol. The first kappa shape index (κ1) is 11.2. The molecule has 3 heterocycles. The van der Waals surface area contributed by atoms with Gasteiger partial charge in [0.25, 0.3) is 0 Å². The molecule has 0 spiro atoms. The Morgan fingerprint density at radius 1 is 1.32 bits per heavy atom. The minimum absolute atomic E-state index is 0.249. The zero-order chi connectivity index (χ0) is 12.8. The molecule has 1 fully saturated rings. The molecule has 0 radical (unpaired) electrons. The Hall–Kier alpha value is -1.65. The van der Waals surface area contributed by atoms with Crippen LogP contribution in [0.25, 0.3) is 0 Å². The maximum absolute atomic E-state index is 6.11. The lowest BCUT2D eigenvalue weighted by Gasteiger charge is -2.27. The third kappa shape index (κ3) is 1.71. The minimum Gasteiger partial charge on any atom is -0.331 e. The van der Waals surface area contributed by atoms with E-state index in [0.717, 1.165) is 18.8 Å². The Morgan fingerprint density at radius 2 is 2.16 bits per heavy atom. The third-order valence-electron chi connectivity index (χ3n) is 4.17. The Labute approximate surface area is 112 Å². The van der Waals surface area contributed by atoms with Crippen molar-refractivity contribution in [1.82, 2.24) is 14.6 Å². The summed E-state index contributed by atoms with van der Waals surface area (Å²) in [6.07, 6.45) is 5.28. The quantitative estimate of drug-likeness (QED) is 0.826. The van der Waals surface area contributed by atoms with Crippen molar-refractivity contribution < 1.29 is 4.84 Å². The van der Waals surface area contributed by atoms with Gasteiger partial charge in [0, 0.05) is 18.8 Å². The van der Waals surface area contributed by atoms with Crippen LogP contribution in [-0.4, -0.2) is 20.7 Å². The van der Waals surface area contributed by atoms with Gasteiger partial charge in [-0.1, -0.05) is 30.3 Å². The van der Waals surface area contributed by atoms with Crippen LogP contribution >= 0.6 is 0 Å². The lowest BCUT2D eigenvalue weighted by Crippen LogP contribution is -2.26. The van der Waals surface area contributed by atoms with Crippen molar-refractivity contribution in [2.75, 3.05) is 0 Å². The first-order valence-corrected chi connectivity index (χ1v) is 6.84. The predicted molar refractivity (Wildman–Crippen MR) is 71.2 cm³/mol. The van der Waals surface area contributed by atoms with E-state index in [-0.39, 0.29) is 18.2 Å². The van der Waals surface area contributed by atoms with E-state index < -0.39 is 0 Å². The van der Waals surface area contributed by atoms with Gasteiger partial charge in [0.15, 0.2) is 0 Å². The maximum atomic E-state index is 6.11. The molecule has 2 bridgehead atoms. The van der Waals surface area contributed by atoms with Crippen molar-refractivity contribution in [3.8, 4) is 0 Å². The number of aromatic nitrogens is 2. The van der Waals surface area contributed by atoms with Crippen molar-refractivity contribution in [2.45, 2.75) is 38.1 Å². The van der Waals surface area contributed by atoms with E-state index in [4.69, 9.17) is 4.84 Å². The number of hydroxylamine groups is 2. The van der Waals surface area contributed by atoms with Crippen molar-refractivity contribution >= 4 is 0 Å². The number of rotatable bonds is 2. The average molecular weight is 255 g/mol. The van der Waals surface area contributed by atoms with E-state index >= 15 is 0 Å². The van der Waals surface area contributed by atoms with Crippen LogP contribution in [0.15, 0.2) is 42.7 Å². The van der Waals surface area contributed by atoms with Gasteiger partial charge >= 0.3 is 0 Å². The fourth-order valence-electron chi connectivity index (χ4n) is 3.20. The number of fused-ring (bicyclic) bond motifs is 4. The molecular weight excluding hydrogens is 238 g/mol. The zero-order valence-corrected chi connectivity index (χ0v) is 10.9. The van der Waals surface area contributed by atoms with E-state index in [1.807, 2.05) is 12.3 Å². The molecule has 4 nitrogen and oxygen atoms in total. The second-order valence-corrected chi connectivity index (χ2v) is 5.36. The molecule has 0 N–H and O–H groups in total. The molecule has 4 rings (SSSR count). The lowest BCUT2D eigenvalue weighted by atomic mass is 10.0. The van der Waals surface area contributed by atoms with Gasteiger partial charge in [-0.15, -0.1) is 0 Å². The highest BCUT2D eigenvalue weighted by Crippen LogP contribution is 2.42. The molecule has 0 amide bonds. The highest BCUT2D eigenvalue weighted by atomic mass is 16.7. The van der Waals surface area contributed by atoms with Crippen molar-refractivity contribution in [3.63, 3.8) is 0 Å². The largest absolute Gasteiger partial charge is 0.331 e. The van der Waals surface area contributed by atoms with Gasteiger partial charge in [-0.05, 0) is 12.5 Å². The number of nitrogens with zero attached hydrogens (tertiary/aromatic N) is 3. The fraction of sp³-hybridized carbons (Fsp3) is 0.400. The maximum Gasteiger partial charge on any atom is 0.128 e. The van der Waals surface area contributed by atoms with Crippen LogP contribution < -0.4 is 0 Å². The van der Waals surface area contributed by atoms with Crippen molar-refractivity contribution in [2.24, 2.45) is 0 Å². The fourth-order valence-corrected chi connectivity index (χ4v) is 3.20. The molecule has 1 saturated heterocycles. The van der Waals surface area contributed by atoms with Crippen LogP contribution in [0, 0.1) is 0 Å². The molecular formula is C15H17N3O. The zero-order valence-electron chi connectivity index (χ0n) is 10.9. The molecule has 4 heteroatoms. The predicted octanol–water partition coefficient (Wildman–Crippen LogP) is 2.70. The van der Waals surface area contributed by atoms with Gasteiger partial charge in [-0.2, -0.15) is 5.06 Å². The minimum atomic E-state index is 0.249. The van der Waals surface area contributed by atoms with Gasteiger partial charge in [0.2, 0.25) is 0 Å². The van der Waals surface area contributed by atoms with Gasteiger partial charge in [-0.25, -0.2) is 4.98 Å². The summed E-state index contributed by atoms with van der Waals surface area (Å²) in [6, 6.07) is 11.0. The number of imidazole rings is 1. The Morgan fingerprint density at radius 3 is 3.00 bits per heavy atom. The molecule has 0 unspecified atom stereocenters. The average Bonchev–Trinajstić information content (AvgIpc) is 3.05. The summed E-state index contributed by atoms with van der Waals surface area (Å²) in [6.45, 7) is 3.12. The molecule has 0 aliphatic carbocycles. The summed E-state index contributed by atoms with van der Waals surface area (Å²) in [5, 5.41) is 2.13. The highest BCUT2D eigenvalue weighted by molar-refractivity contribution is 5.19. The SMILES string of the molecule is C[C@H](c1ccccc1)N1O[C@@H]2C[C@H]1c1nccn1C2. The van der Waals surface area contributed by atoms with Crippen LogP contribution in [0.1, 0.15) is 36.8 Å². The van der Waals surface area contributed by atoms with Crippen LogP contribution in [0.3, 0.4) is 0 Å². The number of hydrogen-bond acceptors (Lipinski definition) is 3. The van der Waals surface area contributed by atoms with E-state index in [9.17, 15) is 0 Å². The topological polar surface area (TPSA) is 30.3 Å². The van der Waals surface area contributed by atoms with E-state index in [2.05, 4.69) is 52.0 Å². The molecule has 19 heavy (non-hydrogen) atoms. The number of benzene rings is 1. The molecule has 3 atom stereocenters. The summed E-state index contributed by atoms with van der Waals surface area (Å²) >= 11 is 0. The lowest BCUT2D eigenvalue weighted by molar-refractivity contribution is -0.186. The van der Waals surface area contributed by atoms with Gasteiger partial charge in [0.05, 0.1) is 24.7 Å². The summed E-state index contributed by atoms with van der Waals surface area (Å²) in [5.74, 6) is 1.14. The van der Waals surface area contributed by atoms with Gasteiger partial charge in [-0.3, -0.25) is 4.84 Å². The van der Waals surface area contributed by atoms with Crippen molar-refractivity contribution in [1.29, 1.82) is 0 Å². The summed E-state index contributed by atoms with van der Waals surface area (Å²) in [4.78, 5) is 10.6. The smallest absolute Gasteiger partial charge is 0.128 e. The summed E-state index contributed by atoms with van der Waals surface area (Å²) in [5.41, 5.74) is 1.29. The third-order valence-corrected chi connectivity index (χ3v) is 4.17. The first-order valence-electron chi connectivity index (χ1n) is 6.84. The molecule has 0 saturated carbocycles. The van der Waals surface area contributed by atoms with Crippen LogP contribution in [0.5, 0.6) is 0 Å². The van der Waals surface area contributed by atoms with Crippen LogP contribution in [0.4, 0.5) is 0 Å². The first-order chi connectivity index (χ1) is 9.33. The van der Waals surface area contributed by atoms with Gasteiger partial charge in [0.1, 0.15) is 5.82 Å². The summed E-state index contributed by atoms with van der Waals surface area (Å²) in [7, 11) is 0. The molecule has 2 aromatic rings. The molecule has 1 aromatic heterocycles.